The third-order valence-corrected chi connectivity index (χ3v) is 2.70. The van der Waals surface area contributed by atoms with Gasteiger partial charge in [-0.25, -0.2) is 4.39 Å². The first-order valence-electron chi connectivity index (χ1n) is 4.13. The Hall–Kier alpha value is -0.570. The molecule has 0 N–H and O–H groups in total. The lowest BCUT2D eigenvalue weighted by atomic mass is 10.0. The SMILES string of the molecule is CCc1c(OC)cc(Br)c(F)c1C. The Morgan fingerprint density at radius 2 is 2.15 bits per heavy atom. The zero-order valence-corrected chi connectivity index (χ0v) is 9.53. The second-order valence-electron chi connectivity index (χ2n) is 2.83. The van der Waals surface area contributed by atoms with E-state index in [1.165, 1.54) is 0 Å². The van der Waals surface area contributed by atoms with Crippen molar-refractivity contribution < 1.29 is 9.13 Å². The Morgan fingerprint density at radius 3 is 2.62 bits per heavy atom. The summed E-state index contributed by atoms with van der Waals surface area (Å²) in [7, 11) is 1.60. The summed E-state index contributed by atoms with van der Waals surface area (Å²) in [5.41, 5.74) is 1.59. The van der Waals surface area contributed by atoms with Gasteiger partial charge in [-0.15, -0.1) is 0 Å². The smallest absolute Gasteiger partial charge is 0.140 e. The summed E-state index contributed by atoms with van der Waals surface area (Å²) >= 11 is 3.15. The van der Waals surface area contributed by atoms with Crippen LogP contribution in [-0.4, -0.2) is 7.11 Å². The minimum Gasteiger partial charge on any atom is -0.496 e. The fraction of sp³-hybridized carbons (Fsp3) is 0.400. The van der Waals surface area contributed by atoms with Gasteiger partial charge in [0.15, 0.2) is 0 Å². The summed E-state index contributed by atoms with van der Waals surface area (Å²) in [5.74, 6) is 0.547. The summed E-state index contributed by atoms with van der Waals surface area (Å²) in [6.45, 7) is 3.75. The van der Waals surface area contributed by atoms with Crippen molar-refractivity contribution >= 4 is 15.9 Å². The topological polar surface area (TPSA) is 9.23 Å². The zero-order valence-electron chi connectivity index (χ0n) is 7.95. The van der Waals surface area contributed by atoms with Gasteiger partial charge in [0.1, 0.15) is 11.6 Å². The first-order valence-corrected chi connectivity index (χ1v) is 4.92. The molecule has 0 fully saturated rings. The van der Waals surface area contributed by atoms with Crippen LogP contribution in [0.25, 0.3) is 0 Å². The Morgan fingerprint density at radius 1 is 1.54 bits per heavy atom. The van der Waals surface area contributed by atoms with Crippen LogP contribution in [-0.2, 0) is 6.42 Å². The molecule has 0 aliphatic rings. The summed E-state index contributed by atoms with van der Waals surface area (Å²) in [4.78, 5) is 0. The molecule has 0 aromatic heterocycles. The molecule has 0 aliphatic heterocycles. The van der Waals surface area contributed by atoms with Gasteiger partial charge < -0.3 is 4.74 Å². The number of ether oxygens (including phenoxy) is 1. The number of hydrogen-bond acceptors (Lipinski definition) is 1. The molecule has 0 saturated heterocycles. The monoisotopic (exact) mass is 246 g/mol. The third-order valence-electron chi connectivity index (χ3n) is 2.12. The normalized spacial score (nSPS) is 10.2. The van der Waals surface area contributed by atoms with E-state index < -0.39 is 0 Å². The molecule has 1 nitrogen and oxygen atoms in total. The van der Waals surface area contributed by atoms with Crippen LogP contribution in [0.15, 0.2) is 10.5 Å². The van der Waals surface area contributed by atoms with Gasteiger partial charge >= 0.3 is 0 Å². The molecule has 0 unspecified atom stereocenters. The number of hydrogen-bond donors (Lipinski definition) is 0. The van der Waals surface area contributed by atoms with E-state index in [9.17, 15) is 4.39 Å². The molecule has 1 aromatic rings. The molecule has 0 aliphatic carbocycles. The molecule has 0 saturated carbocycles. The van der Waals surface area contributed by atoms with Crippen LogP contribution in [0.4, 0.5) is 4.39 Å². The lowest BCUT2D eigenvalue weighted by Crippen LogP contribution is -1.97. The fourth-order valence-corrected chi connectivity index (χ4v) is 1.89. The van der Waals surface area contributed by atoms with Crippen LogP contribution in [0.1, 0.15) is 18.1 Å². The number of methoxy groups -OCH3 is 1. The highest BCUT2D eigenvalue weighted by Crippen LogP contribution is 2.30. The van der Waals surface area contributed by atoms with Gasteiger partial charge in [0, 0.05) is 0 Å². The molecule has 3 heteroatoms. The summed E-state index contributed by atoms with van der Waals surface area (Å²) in [6, 6.07) is 1.67. The highest BCUT2D eigenvalue weighted by Gasteiger charge is 2.12. The van der Waals surface area contributed by atoms with Crippen LogP contribution in [0.3, 0.4) is 0 Å². The molecule has 0 amide bonds. The maximum absolute atomic E-state index is 13.4. The Balaban J connectivity index is 3.39. The van der Waals surface area contributed by atoms with Gasteiger partial charge in [-0.3, -0.25) is 0 Å². The highest BCUT2D eigenvalue weighted by atomic mass is 79.9. The molecule has 0 heterocycles. The molecule has 72 valence electrons. The molecule has 0 atom stereocenters. The molecule has 1 rings (SSSR count). The lowest BCUT2D eigenvalue weighted by Gasteiger charge is -2.11. The van der Waals surface area contributed by atoms with Gasteiger partial charge in [-0.1, -0.05) is 6.92 Å². The first-order chi connectivity index (χ1) is 6.11. The van der Waals surface area contributed by atoms with Crippen molar-refractivity contribution in [3.8, 4) is 5.75 Å². The molecule has 13 heavy (non-hydrogen) atoms. The van der Waals surface area contributed by atoms with E-state index in [1.54, 1.807) is 20.1 Å². The quantitative estimate of drug-likeness (QED) is 0.777. The van der Waals surface area contributed by atoms with E-state index in [0.717, 1.165) is 17.7 Å². The molecular weight excluding hydrogens is 235 g/mol. The van der Waals surface area contributed by atoms with Crippen molar-refractivity contribution in [2.45, 2.75) is 20.3 Å². The Kier molecular flexibility index (Phi) is 3.31. The minimum absolute atomic E-state index is 0.197. The van der Waals surface area contributed by atoms with Crippen LogP contribution >= 0.6 is 15.9 Å². The van der Waals surface area contributed by atoms with E-state index >= 15 is 0 Å². The van der Waals surface area contributed by atoms with Crippen LogP contribution in [0.5, 0.6) is 5.75 Å². The first kappa shape index (κ1) is 10.5. The minimum atomic E-state index is -0.197. The lowest BCUT2D eigenvalue weighted by molar-refractivity contribution is 0.407. The molecule has 0 spiro atoms. The average molecular weight is 247 g/mol. The molecule has 1 aromatic carbocycles. The van der Waals surface area contributed by atoms with Gasteiger partial charge in [0.25, 0.3) is 0 Å². The average Bonchev–Trinajstić information content (AvgIpc) is 2.13. The van der Waals surface area contributed by atoms with Crippen molar-refractivity contribution in [1.82, 2.24) is 0 Å². The van der Waals surface area contributed by atoms with E-state index in [2.05, 4.69) is 15.9 Å². The molecule has 0 radical (unpaired) electrons. The fourth-order valence-electron chi connectivity index (χ4n) is 1.38. The maximum Gasteiger partial charge on any atom is 0.140 e. The Labute approximate surface area is 86.0 Å². The van der Waals surface area contributed by atoms with Gasteiger partial charge in [0.05, 0.1) is 11.6 Å². The van der Waals surface area contributed by atoms with Gasteiger partial charge in [-0.05, 0) is 46.5 Å². The van der Waals surface area contributed by atoms with Gasteiger partial charge in [-0.2, -0.15) is 0 Å². The summed E-state index contributed by atoms with van der Waals surface area (Å²) in [5, 5.41) is 0. The molecule has 0 bridgehead atoms. The predicted molar refractivity (Wildman–Crippen MR) is 54.8 cm³/mol. The van der Waals surface area contributed by atoms with Crippen LogP contribution in [0, 0.1) is 12.7 Å². The second kappa shape index (κ2) is 4.09. The largest absolute Gasteiger partial charge is 0.496 e. The van der Waals surface area contributed by atoms with Crippen molar-refractivity contribution in [3.05, 3.63) is 27.5 Å². The zero-order chi connectivity index (χ0) is 10.0. The van der Waals surface area contributed by atoms with E-state index in [4.69, 9.17) is 4.74 Å². The third kappa shape index (κ3) is 1.85. The van der Waals surface area contributed by atoms with Crippen molar-refractivity contribution in [1.29, 1.82) is 0 Å². The summed E-state index contributed by atoms with van der Waals surface area (Å²) in [6.07, 6.45) is 0.777. The van der Waals surface area contributed by atoms with E-state index in [0.29, 0.717) is 10.0 Å². The van der Waals surface area contributed by atoms with Crippen LogP contribution < -0.4 is 4.74 Å². The van der Waals surface area contributed by atoms with Crippen molar-refractivity contribution in [2.24, 2.45) is 0 Å². The van der Waals surface area contributed by atoms with E-state index in [1.807, 2.05) is 6.92 Å². The maximum atomic E-state index is 13.4. The van der Waals surface area contributed by atoms with Crippen molar-refractivity contribution in [3.63, 3.8) is 0 Å². The Bertz CT molecular complexity index is 323. The number of rotatable bonds is 2. The number of halogens is 2. The number of benzene rings is 1. The molecular formula is C10H12BrFO. The van der Waals surface area contributed by atoms with Crippen molar-refractivity contribution in [2.75, 3.05) is 7.11 Å². The second-order valence-corrected chi connectivity index (χ2v) is 3.69. The van der Waals surface area contributed by atoms with E-state index in [-0.39, 0.29) is 5.82 Å². The van der Waals surface area contributed by atoms with Crippen LogP contribution in [0.2, 0.25) is 0 Å². The summed E-state index contributed by atoms with van der Waals surface area (Å²) < 4.78 is 19.0. The standard InChI is InChI=1S/C10H12BrFO/c1-4-7-6(2)10(12)8(11)5-9(7)13-3/h5H,4H2,1-3H3. The predicted octanol–water partition coefficient (Wildman–Crippen LogP) is 3.47. The highest BCUT2D eigenvalue weighted by molar-refractivity contribution is 9.10. The van der Waals surface area contributed by atoms with Gasteiger partial charge in [0.2, 0.25) is 0 Å².